The van der Waals surface area contributed by atoms with E-state index < -0.39 is 0 Å². The summed E-state index contributed by atoms with van der Waals surface area (Å²) in [6.07, 6.45) is 5.27. The van der Waals surface area contributed by atoms with Crippen LogP contribution in [0.1, 0.15) is 35.4 Å². The fourth-order valence-corrected chi connectivity index (χ4v) is 3.89. The van der Waals surface area contributed by atoms with E-state index in [0.29, 0.717) is 13.2 Å². The molecule has 0 bridgehead atoms. The van der Waals surface area contributed by atoms with Gasteiger partial charge in [0.25, 0.3) is 0 Å². The number of aryl methyl sites for hydroxylation is 3. The van der Waals surface area contributed by atoms with Gasteiger partial charge in [-0.25, -0.2) is 4.98 Å². The van der Waals surface area contributed by atoms with Gasteiger partial charge in [0, 0.05) is 12.6 Å². The highest BCUT2D eigenvalue weighted by Crippen LogP contribution is 2.20. The van der Waals surface area contributed by atoms with Crippen molar-refractivity contribution in [3.8, 4) is 5.75 Å². The summed E-state index contributed by atoms with van der Waals surface area (Å²) in [6, 6.07) is 24.2. The van der Waals surface area contributed by atoms with Crippen LogP contribution < -0.4 is 10.1 Å². The van der Waals surface area contributed by atoms with E-state index in [9.17, 15) is 4.79 Å². The maximum Gasteiger partial charge on any atom is 0.244 e. The van der Waals surface area contributed by atoms with Crippen molar-refractivity contribution in [2.45, 2.75) is 39.8 Å². The van der Waals surface area contributed by atoms with E-state index in [1.54, 1.807) is 6.08 Å². The Kier molecular flexibility index (Phi) is 7.76. The fourth-order valence-electron chi connectivity index (χ4n) is 3.89. The Hall–Kier alpha value is -3.86. The molecule has 34 heavy (non-hydrogen) atoms. The quantitative estimate of drug-likeness (QED) is 0.242. The predicted octanol–water partition coefficient (Wildman–Crippen LogP) is 5.84. The lowest BCUT2D eigenvalue weighted by Crippen LogP contribution is -2.22. The molecule has 0 spiro atoms. The molecule has 4 aromatic rings. The summed E-state index contributed by atoms with van der Waals surface area (Å²) in [5.74, 6) is 1.68. The summed E-state index contributed by atoms with van der Waals surface area (Å²) in [7, 11) is 0. The first-order valence-corrected chi connectivity index (χ1v) is 11.8. The molecular weight excluding hydrogens is 422 g/mol. The number of fused-ring (bicyclic) bond motifs is 1. The Labute approximate surface area is 201 Å². The highest BCUT2D eigenvalue weighted by molar-refractivity contribution is 5.91. The van der Waals surface area contributed by atoms with Gasteiger partial charge in [-0.05, 0) is 67.7 Å². The highest BCUT2D eigenvalue weighted by atomic mass is 16.5. The van der Waals surface area contributed by atoms with Gasteiger partial charge in [0.2, 0.25) is 5.91 Å². The minimum Gasteiger partial charge on any atom is -0.493 e. The van der Waals surface area contributed by atoms with Crippen molar-refractivity contribution >= 4 is 23.0 Å². The van der Waals surface area contributed by atoms with Crippen molar-refractivity contribution in [3.63, 3.8) is 0 Å². The van der Waals surface area contributed by atoms with E-state index in [4.69, 9.17) is 9.72 Å². The van der Waals surface area contributed by atoms with Gasteiger partial charge in [-0.1, -0.05) is 54.6 Å². The molecule has 0 fully saturated rings. The third kappa shape index (κ3) is 6.13. The SMILES string of the molecule is Cc1ccc(C)c(OCCCCn2c(CNC(=O)/C=C\c3ccccc3)nc3ccccc32)c1. The van der Waals surface area contributed by atoms with Crippen molar-refractivity contribution in [2.75, 3.05) is 6.61 Å². The molecule has 1 amide bonds. The van der Waals surface area contributed by atoms with E-state index in [1.165, 1.54) is 5.56 Å². The van der Waals surface area contributed by atoms with Crippen LogP contribution in [-0.4, -0.2) is 22.1 Å². The number of imidazole rings is 1. The monoisotopic (exact) mass is 453 g/mol. The topological polar surface area (TPSA) is 56.1 Å². The lowest BCUT2D eigenvalue weighted by atomic mass is 10.1. The summed E-state index contributed by atoms with van der Waals surface area (Å²) in [6.45, 7) is 6.02. The van der Waals surface area contributed by atoms with Crippen molar-refractivity contribution in [2.24, 2.45) is 0 Å². The molecular formula is C29H31N3O2. The first kappa shape index (κ1) is 23.3. The third-order valence-electron chi connectivity index (χ3n) is 5.76. The van der Waals surface area contributed by atoms with E-state index in [-0.39, 0.29) is 5.91 Å². The zero-order valence-corrected chi connectivity index (χ0v) is 19.8. The zero-order valence-electron chi connectivity index (χ0n) is 19.8. The number of nitrogens with zero attached hydrogens (tertiary/aromatic N) is 2. The van der Waals surface area contributed by atoms with Crippen LogP contribution in [0.4, 0.5) is 0 Å². The number of rotatable bonds is 10. The molecule has 1 heterocycles. The molecule has 5 nitrogen and oxygen atoms in total. The molecule has 0 saturated carbocycles. The number of hydrogen-bond donors (Lipinski definition) is 1. The summed E-state index contributed by atoms with van der Waals surface area (Å²) in [5.41, 5.74) is 5.38. The van der Waals surface area contributed by atoms with Crippen molar-refractivity contribution in [1.82, 2.24) is 14.9 Å². The van der Waals surface area contributed by atoms with Crippen LogP contribution in [0.2, 0.25) is 0 Å². The van der Waals surface area contributed by atoms with E-state index in [0.717, 1.165) is 53.1 Å². The molecule has 0 aliphatic rings. The van der Waals surface area contributed by atoms with Crippen molar-refractivity contribution < 1.29 is 9.53 Å². The van der Waals surface area contributed by atoms with Gasteiger partial charge in [-0.2, -0.15) is 0 Å². The number of amides is 1. The minimum atomic E-state index is -0.135. The van der Waals surface area contributed by atoms with E-state index in [1.807, 2.05) is 54.6 Å². The fraction of sp³-hybridized carbons (Fsp3) is 0.241. The van der Waals surface area contributed by atoms with Gasteiger partial charge < -0.3 is 14.6 Å². The second-order valence-electron chi connectivity index (χ2n) is 8.45. The summed E-state index contributed by atoms with van der Waals surface area (Å²) >= 11 is 0. The molecule has 0 saturated heterocycles. The smallest absolute Gasteiger partial charge is 0.244 e. The number of hydrogen-bond acceptors (Lipinski definition) is 3. The largest absolute Gasteiger partial charge is 0.493 e. The van der Waals surface area contributed by atoms with Crippen molar-refractivity contribution in [3.05, 3.63) is 101 Å². The Morgan fingerprint density at radius 3 is 2.65 bits per heavy atom. The Bertz CT molecular complexity index is 1280. The number of unbranched alkanes of at least 4 members (excludes halogenated alkanes) is 1. The highest BCUT2D eigenvalue weighted by Gasteiger charge is 2.11. The maximum absolute atomic E-state index is 12.4. The van der Waals surface area contributed by atoms with Crippen LogP contribution in [0.5, 0.6) is 5.75 Å². The van der Waals surface area contributed by atoms with Gasteiger partial charge in [0.1, 0.15) is 11.6 Å². The van der Waals surface area contributed by atoms with Crippen molar-refractivity contribution in [1.29, 1.82) is 0 Å². The average molecular weight is 454 g/mol. The standard InChI is InChI=1S/C29H31N3O2/c1-22-14-15-23(2)27(20-22)34-19-9-8-18-32-26-13-7-6-12-25(26)31-28(32)21-30-29(33)17-16-24-10-4-3-5-11-24/h3-7,10-17,20H,8-9,18-19,21H2,1-2H3,(H,30,33)/b17-16-. The van der Waals surface area contributed by atoms with Gasteiger partial charge in [0.05, 0.1) is 24.2 Å². The maximum atomic E-state index is 12.4. The van der Waals surface area contributed by atoms with Gasteiger partial charge in [-0.3, -0.25) is 4.79 Å². The second-order valence-corrected chi connectivity index (χ2v) is 8.45. The molecule has 0 atom stereocenters. The second kappa shape index (κ2) is 11.3. The number of aromatic nitrogens is 2. The van der Waals surface area contributed by atoms with E-state index in [2.05, 4.69) is 48.0 Å². The number of ether oxygens (including phenoxy) is 1. The molecule has 0 aliphatic carbocycles. The summed E-state index contributed by atoms with van der Waals surface area (Å²) in [5, 5.41) is 2.97. The van der Waals surface area contributed by atoms with Crippen LogP contribution >= 0.6 is 0 Å². The van der Waals surface area contributed by atoms with Gasteiger partial charge in [0.15, 0.2) is 0 Å². The number of carbonyl (C=O) groups is 1. The first-order valence-electron chi connectivity index (χ1n) is 11.8. The number of benzene rings is 3. The van der Waals surface area contributed by atoms with Crippen LogP contribution in [0.25, 0.3) is 17.1 Å². The minimum absolute atomic E-state index is 0.135. The lowest BCUT2D eigenvalue weighted by Gasteiger charge is -2.12. The lowest BCUT2D eigenvalue weighted by molar-refractivity contribution is -0.116. The summed E-state index contributed by atoms with van der Waals surface area (Å²) < 4.78 is 8.21. The zero-order chi connectivity index (χ0) is 23.8. The number of nitrogens with one attached hydrogen (secondary N) is 1. The molecule has 0 radical (unpaired) electrons. The van der Waals surface area contributed by atoms with Crippen LogP contribution in [0, 0.1) is 13.8 Å². The number of para-hydroxylation sites is 2. The molecule has 5 heteroatoms. The van der Waals surface area contributed by atoms with Crippen LogP contribution in [0.15, 0.2) is 78.9 Å². The predicted molar refractivity (Wildman–Crippen MR) is 138 cm³/mol. The Morgan fingerprint density at radius 1 is 1.00 bits per heavy atom. The molecule has 1 N–H and O–H groups in total. The van der Waals surface area contributed by atoms with Crippen LogP contribution in [-0.2, 0) is 17.9 Å². The Balaban J connectivity index is 1.34. The summed E-state index contributed by atoms with van der Waals surface area (Å²) in [4.78, 5) is 17.1. The molecule has 0 aliphatic heterocycles. The molecule has 4 rings (SSSR count). The van der Waals surface area contributed by atoms with Gasteiger partial charge >= 0.3 is 0 Å². The first-order chi connectivity index (χ1) is 16.6. The molecule has 174 valence electrons. The third-order valence-corrected chi connectivity index (χ3v) is 5.76. The van der Waals surface area contributed by atoms with Crippen LogP contribution in [0.3, 0.4) is 0 Å². The van der Waals surface area contributed by atoms with E-state index >= 15 is 0 Å². The normalized spacial score (nSPS) is 11.2. The molecule has 3 aromatic carbocycles. The Morgan fingerprint density at radius 2 is 1.79 bits per heavy atom. The van der Waals surface area contributed by atoms with Gasteiger partial charge in [-0.15, -0.1) is 0 Å². The molecule has 0 unspecified atom stereocenters. The molecule has 1 aromatic heterocycles. The average Bonchev–Trinajstić information content (AvgIpc) is 3.21. The number of carbonyl (C=O) groups excluding carboxylic acids is 1.